The van der Waals surface area contributed by atoms with Gasteiger partial charge in [0.05, 0.1) is 11.4 Å². The van der Waals surface area contributed by atoms with Crippen molar-refractivity contribution in [2.75, 3.05) is 14.1 Å². The molecule has 0 aliphatic rings. The monoisotopic (exact) mass is 333 g/mol. The molecule has 0 aliphatic carbocycles. The highest BCUT2D eigenvalue weighted by atomic mass is 79.9. The van der Waals surface area contributed by atoms with Crippen molar-refractivity contribution in [2.45, 2.75) is 19.6 Å². The van der Waals surface area contributed by atoms with Crippen molar-refractivity contribution in [2.24, 2.45) is 0 Å². The minimum atomic E-state index is 0.810. The average Bonchev–Trinajstić information content (AvgIpc) is 2.42. The maximum Gasteiger partial charge on any atom is 0.0547 e. The van der Waals surface area contributed by atoms with E-state index >= 15 is 0 Å². The second kappa shape index (κ2) is 7.53. The Morgan fingerprint density at radius 2 is 1.75 bits per heavy atom. The topological polar surface area (TPSA) is 28.2 Å². The summed E-state index contributed by atoms with van der Waals surface area (Å²) in [5.41, 5.74) is 3.50. The molecule has 0 saturated carbocycles. The largest absolute Gasteiger partial charge is 0.314 e. The lowest BCUT2D eigenvalue weighted by Crippen LogP contribution is -2.18. The van der Waals surface area contributed by atoms with Crippen LogP contribution in [0.4, 0.5) is 0 Å². The second-order valence-electron chi connectivity index (χ2n) is 4.95. The maximum atomic E-state index is 4.65. The van der Waals surface area contributed by atoms with Crippen LogP contribution < -0.4 is 5.32 Å². The molecule has 0 bridgehead atoms. The molecule has 0 saturated heterocycles. The van der Waals surface area contributed by atoms with E-state index in [1.54, 1.807) is 0 Å². The van der Waals surface area contributed by atoms with Crippen LogP contribution in [0, 0.1) is 0 Å². The van der Waals surface area contributed by atoms with Crippen molar-refractivity contribution < 1.29 is 0 Å². The fourth-order valence-corrected chi connectivity index (χ4v) is 2.40. The van der Waals surface area contributed by atoms with Gasteiger partial charge in [-0.3, -0.25) is 9.88 Å². The molecule has 20 heavy (non-hydrogen) atoms. The number of nitrogens with zero attached hydrogens (tertiary/aromatic N) is 2. The SMILES string of the molecule is CNCc1cccc(CN(C)Cc2ccc(Br)cc2)n1. The number of halogens is 1. The van der Waals surface area contributed by atoms with E-state index in [-0.39, 0.29) is 0 Å². The number of hydrogen-bond donors (Lipinski definition) is 1. The maximum absolute atomic E-state index is 4.65. The molecule has 1 N–H and O–H groups in total. The average molecular weight is 334 g/mol. The zero-order valence-electron chi connectivity index (χ0n) is 11.9. The third kappa shape index (κ3) is 4.71. The quantitative estimate of drug-likeness (QED) is 0.879. The number of benzene rings is 1. The molecular weight excluding hydrogens is 314 g/mol. The fraction of sp³-hybridized carbons (Fsp3) is 0.312. The smallest absolute Gasteiger partial charge is 0.0547 e. The predicted molar refractivity (Wildman–Crippen MR) is 86.3 cm³/mol. The molecular formula is C16H20BrN3. The minimum Gasteiger partial charge on any atom is -0.314 e. The molecule has 0 radical (unpaired) electrons. The molecule has 4 heteroatoms. The normalized spacial score (nSPS) is 11.0. The summed E-state index contributed by atoms with van der Waals surface area (Å²) in [6.07, 6.45) is 0. The standard InChI is InChI=1S/C16H20BrN3/c1-18-10-15-4-3-5-16(19-15)12-20(2)11-13-6-8-14(17)9-7-13/h3-9,18H,10-12H2,1-2H3. The van der Waals surface area contributed by atoms with Crippen LogP contribution in [0.5, 0.6) is 0 Å². The van der Waals surface area contributed by atoms with Gasteiger partial charge in [0.15, 0.2) is 0 Å². The van der Waals surface area contributed by atoms with Gasteiger partial charge in [0.25, 0.3) is 0 Å². The first-order valence-electron chi connectivity index (χ1n) is 6.70. The van der Waals surface area contributed by atoms with Crippen LogP contribution >= 0.6 is 15.9 Å². The Morgan fingerprint density at radius 3 is 2.45 bits per heavy atom. The van der Waals surface area contributed by atoms with E-state index in [2.05, 4.69) is 80.6 Å². The highest BCUT2D eigenvalue weighted by molar-refractivity contribution is 9.10. The predicted octanol–water partition coefficient (Wildman–Crippen LogP) is 3.20. The summed E-state index contributed by atoms with van der Waals surface area (Å²) >= 11 is 3.46. The summed E-state index contributed by atoms with van der Waals surface area (Å²) in [6, 6.07) is 14.6. The van der Waals surface area contributed by atoms with Gasteiger partial charge < -0.3 is 5.32 Å². The molecule has 106 valence electrons. The molecule has 3 nitrogen and oxygen atoms in total. The van der Waals surface area contributed by atoms with E-state index in [1.165, 1.54) is 5.56 Å². The van der Waals surface area contributed by atoms with Gasteiger partial charge in [-0.1, -0.05) is 34.1 Å². The molecule has 0 amide bonds. The van der Waals surface area contributed by atoms with E-state index < -0.39 is 0 Å². The zero-order valence-corrected chi connectivity index (χ0v) is 13.5. The molecule has 2 rings (SSSR count). The second-order valence-corrected chi connectivity index (χ2v) is 5.87. The Hall–Kier alpha value is -1.23. The van der Waals surface area contributed by atoms with Gasteiger partial charge in [0.2, 0.25) is 0 Å². The van der Waals surface area contributed by atoms with Crippen LogP contribution in [0.25, 0.3) is 0 Å². The van der Waals surface area contributed by atoms with Gasteiger partial charge in [0, 0.05) is 24.1 Å². The summed E-state index contributed by atoms with van der Waals surface area (Å²) < 4.78 is 1.12. The van der Waals surface area contributed by atoms with E-state index in [1.807, 2.05) is 7.05 Å². The Balaban J connectivity index is 1.95. The van der Waals surface area contributed by atoms with Gasteiger partial charge in [0.1, 0.15) is 0 Å². The van der Waals surface area contributed by atoms with Crippen molar-refractivity contribution in [1.82, 2.24) is 15.2 Å². The first-order chi connectivity index (χ1) is 9.67. The van der Waals surface area contributed by atoms with Crippen molar-refractivity contribution in [3.05, 3.63) is 63.9 Å². The van der Waals surface area contributed by atoms with Crippen LogP contribution in [0.15, 0.2) is 46.9 Å². The van der Waals surface area contributed by atoms with Gasteiger partial charge in [-0.25, -0.2) is 0 Å². The Labute approximate surface area is 129 Å². The third-order valence-electron chi connectivity index (χ3n) is 3.02. The first kappa shape index (κ1) is 15.2. The van der Waals surface area contributed by atoms with E-state index in [0.29, 0.717) is 0 Å². The molecule has 1 heterocycles. The number of nitrogens with one attached hydrogen (secondary N) is 1. The zero-order chi connectivity index (χ0) is 14.4. The summed E-state index contributed by atoms with van der Waals surface area (Å²) in [7, 11) is 4.06. The van der Waals surface area contributed by atoms with Crippen LogP contribution in [0.3, 0.4) is 0 Å². The fourth-order valence-electron chi connectivity index (χ4n) is 2.13. The molecule has 1 aromatic carbocycles. The molecule has 0 aliphatic heterocycles. The minimum absolute atomic E-state index is 0.810. The third-order valence-corrected chi connectivity index (χ3v) is 3.55. The summed E-state index contributed by atoms with van der Waals surface area (Å²) in [5, 5.41) is 3.13. The molecule has 0 unspecified atom stereocenters. The Bertz CT molecular complexity index is 540. The lowest BCUT2D eigenvalue weighted by Gasteiger charge is -2.16. The van der Waals surface area contributed by atoms with Crippen LogP contribution in [0.1, 0.15) is 17.0 Å². The molecule has 1 aromatic heterocycles. The number of hydrogen-bond acceptors (Lipinski definition) is 3. The molecule has 0 fully saturated rings. The number of pyridine rings is 1. The van der Waals surface area contributed by atoms with E-state index in [9.17, 15) is 0 Å². The summed E-state index contributed by atoms with van der Waals surface area (Å²) in [5.74, 6) is 0. The summed E-state index contributed by atoms with van der Waals surface area (Å²) in [6.45, 7) is 2.59. The van der Waals surface area contributed by atoms with Gasteiger partial charge in [-0.2, -0.15) is 0 Å². The Kier molecular flexibility index (Phi) is 5.71. The van der Waals surface area contributed by atoms with Crippen LogP contribution in [-0.4, -0.2) is 24.0 Å². The molecule has 0 atom stereocenters. The van der Waals surface area contributed by atoms with Crippen LogP contribution in [-0.2, 0) is 19.6 Å². The van der Waals surface area contributed by atoms with Gasteiger partial charge >= 0.3 is 0 Å². The van der Waals surface area contributed by atoms with Gasteiger partial charge in [-0.15, -0.1) is 0 Å². The lowest BCUT2D eigenvalue weighted by molar-refractivity contribution is 0.315. The van der Waals surface area contributed by atoms with Crippen molar-refractivity contribution in [1.29, 1.82) is 0 Å². The van der Waals surface area contributed by atoms with Crippen molar-refractivity contribution >= 4 is 15.9 Å². The lowest BCUT2D eigenvalue weighted by atomic mass is 10.2. The molecule has 0 spiro atoms. The Morgan fingerprint density at radius 1 is 1.05 bits per heavy atom. The van der Waals surface area contributed by atoms with Gasteiger partial charge in [-0.05, 0) is 43.9 Å². The van der Waals surface area contributed by atoms with E-state index in [0.717, 1.165) is 35.5 Å². The first-order valence-corrected chi connectivity index (χ1v) is 7.49. The highest BCUT2D eigenvalue weighted by Crippen LogP contribution is 2.12. The van der Waals surface area contributed by atoms with E-state index in [4.69, 9.17) is 0 Å². The van der Waals surface area contributed by atoms with Crippen molar-refractivity contribution in [3.63, 3.8) is 0 Å². The number of aromatic nitrogens is 1. The van der Waals surface area contributed by atoms with Crippen molar-refractivity contribution in [3.8, 4) is 0 Å². The highest BCUT2D eigenvalue weighted by Gasteiger charge is 2.04. The number of rotatable bonds is 6. The van der Waals surface area contributed by atoms with Crippen LogP contribution in [0.2, 0.25) is 0 Å². The molecule has 2 aromatic rings. The summed E-state index contributed by atoms with van der Waals surface area (Å²) in [4.78, 5) is 6.92.